The lowest BCUT2D eigenvalue weighted by molar-refractivity contribution is 0.292. The lowest BCUT2D eigenvalue weighted by atomic mass is 10.4. The molecule has 17 heavy (non-hydrogen) atoms. The zero-order valence-corrected chi connectivity index (χ0v) is 9.45. The number of ether oxygens (including phenoxy) is 1. The molecule has 0 bridgehead atoms. The van der Waals surface area contributed by atoms with Crippen molar-refractivity contribution in [2.75, 3.05) is 0 Å². The van der Waals surface area contributed by atoms with Gasteiger partial charge in [-0.15, -0.1) is 0 Å². The van der Waals surface area contributed by atoms with Crippen LogP contribution in [0.2, 0.25) is 0 Å². The van der Waals surface area contributed by atoms with Crippen molar-refractivity contribution >= 4 is 5.65 Å². The van der Waals surface area contributed by atoms with Gasteiger partial charge in [-0.3, -0.25) is 0 Å². The highest BCUT2D eigenvalue weighted by molar-refractivity contribution is 5.43. The van der Waals surface area contributed by atoms with Crippen LogP contribution in [0, 0.1) is 0 Å². The normalized spacial score (nSPS) is 10.9. The summed E-state index contributed by atoms with van der Waals surface area (Å²) in [6, 6.07) is 3.82. The van der Waals surface area contributed by atoms with Crippen LogP contribution in [-0.4, -0.2) is 18.9 Å². The predicted octanol–water partition coefficient (Wildman–Crippen LogP) is 1.65. The zero-order valence-electron chi connectivity index (χ0n) is 9.45. The first-order valence-corrected chi connectivity index (χ1v) is 5.35. The van der Waals surface area contributed by atoms with Crippen LogP contribution in [-0.2, 0) is 13.7 Å². The van der Waals surface area contributed by atoms with Crippen molar-refractivity contribution in [2.45, 2.75) is 6.61 Å². The van der Waals surface area contributed by atoms with Gasteiger partial charge in [-0.25, -0.2) is 9.97 Å². The molecule has 86 valence electrons. The van der Waals surface area contributed by atoms with E-state index in [2.05, 4.69) is 9.97 Å². The van der Waals surface area contributed by atoms with Crippen LogP contribution in [0.15, 0.2) is 43.1 Å². The van der Waals surface area contributed by atoms with Gasteiger partial charge in [0.2, 0.25) is 0 Å². The molecule has 3 aromatic rings. The molecule has 0 radical (unpaired) electrons. The number of rotatable bonds is 3. The fourth-order valence-corrected chi connectivity index (χ4v) is 1.66. The Hall–Kier alpha value is -2.30. The molecule has 0 aromatic carbocycles. The highest BCUT2D eigenvalue weighted by Crippen LogP contribution is 2.14. The van der Waals surface area contributed by atoms with Gasteiger partial charge in [-0.05, 0) is 6.07 Å². The number of pyridine rings is 1. The third-order valence-electron chi connectivity index (χ3n) is 2.66. The Bertz CT molecular complexity index is 641. The first-order valence-electron chi connectivity index (χ1n) is 5.35. The smallest absolute Gasteiger partial charge is 0.146 e. The molecule has 0 atom stereocenters. The number of aryl methyl sites for hydroxylation is 1. The number of nitrogens with zero attached hydrogens (tertiary/aromatic N) is 4. The summed E-state index contributed by atoms with van der Waals surface area (Å²) in [6.45, 7) is 0.459. The molecule has 5 heteroatoms. The van der Waals surface area contributed by atoms with E-state index in [0.717, 1.165) is 17.2 Å². The van der Waals surface area contributed by atoms with Crippen molar-refractivity contribution in [2.24, 2.45) is 7.05 Å². The van der Waals surface area contributed by atoms with Crippen molar-refractivity contribution in [3.63, 3.8) is 0 Å². The maximum atomic E-state index is 5.67. The summed E-state index contributed by atoms with van der Waals surface area (Å²) in [5, 5.41) is 0. The van der Waals surface area contributed by atoms with Gasteiger partial charge in [0.05, 0.1) is 0 Å². The lowest BCUT2D eigenvalue weighted by Gasteiger charge is -2.06. The predicted molar refractivity (Wildman–Crippen MR) is 62.7 cm³/mol. The Kier molecular flexibility index (Phi) is 2.29. The summed E-state index contributed by atoms with van der Waals surface area (Å²) < 4.78 is 9.55. The summed E-state index contributed by atoms with van der Waals surface area (Å²) in [5.74, 6) is 1.69. The van der Waals surface area contributed by atoms with E-state index in [1.165, 1.54) is 0 Å². The molecule has 5 nitrogen and oxygen atoms in total. The Labute approximate surface area is 98.3 Å². The standard InChI is InChI=1S/C12H12N4O/c1-15-6-3-14-12(15)9-17-10-2-5-16-7-4-13-11(16)8-10/h2-8H,9H2,1H3. The first-order chi connectivity index (χ1) is 8.33. The number of hydrogen-bond acceptors (Lipinski definition) is 3. The summed E-state index contributed by atoms with van der Waals surface area (Å²) in [4.78, 5) is 8.40. The van der Waals surface area contributed by atoms with Gasteiger partial charge in [0.25, 0.3) is 0 Å². The molecule has 0 saturated heterocycles. The number of fused-ring (bicyclic) bond motifs is 1. The molecule has 3 aromatic heterocycles. The molecule has 0 spiro atoms. The van der Waals surface area contributed by atoms with Crippen molar-refractivity contribution in [3.8, 4) is 5.75 Å². The van der Waals surface area contributed by atoms with Gasteiger partial charge in [0.15, 0.2) is 0 Å². The first kappa shape index (κ1) is 9.89. The van der Waals surface area contributed by atoms with Gasteiger partial charge >= 0.3 is 0 Å². The minimum Gasteiger partial charge on any atom is -0.485 e. The average Bonchev–Trinajstić information content (AvgIpc) is 2.94. The molecule has 0 aliphatic carbocycles. The Morgan fingerprint density at radius 1 is 1.18 bits per heavy atom. The van der Waals surface area contributed by atoms with E-state index in [9.17, 15) is 0 Å². The van der Waals surface area contributed by atoms with E-state index < -0.39 is 0 Å². The molecule has 3 rings (SSSR count). The lowest BCUT2D eigenvalue weighted by Crippen LogP contribution is -2.03. The van der Waals surface area contributed by atoms with Crippen molar-refractivity contribution in [3.05, 3.63) is 48.9 Å². The van der Waals surface area contributed by atoms with E-state index in [-0.39, 0.29) is 0 Å². The summed E-state index contributed by atoms with van der Waals surface area (Å²) in [6.07, 6.45) is 9.25. The summed E-state index contributed by atoms with van der Waals surface area (Å²) in [5.41, 5.74) is 0.877. The van der Waals surface area contributed by atoms with E-state index >= 15 is 0 Å². The second-order valence-electron chi connectivity index (χ2n) is 3.80. The fraction of sp³-hybridized carbons (Fsp3) is 0.167. The van der Waals surface area contributed by atoms with Crippen LogP contribution in [0.4, 0.5) is 0 Å². The van der Waals surface area contributed by atoms with Crippen LogP contribution < -0.4 is 4.74 Å². The SMILES string of the molecule is Cn1ccnc1COc1ccn2ccnc2c1. The summed E-state index contributed by atoms with van der Waals surface area (Å²) >= 11 is 0. The maximum absolute atomic E-state index is 5.67. The van der Waals surface area contributed by atoms with Gasteiger partial charge in [-0.2, -0.15) is 0 Å². The topological polar surface area (TPSA) is 44.4 Å². The van der Waals surface area contributed by atoms with Crippen LogP contribution in [0.25, 0.3) is 5.65 Å². The highest BCUT2D eigenvalue weighted by Gasteiger charge is 2.02. The van der Waals surface area contributed by atoms with E-state index in [1.54, 1.807) is 12.4 Å². The Morgan fingerprint density at radius 2 is 2.06 bits per heavy atom. The third-order valence-corrected chi connectivity index (χ3v) is 2.66. The van der Waals surface area contributed by atoms with Crippen LogP contribution in [0.3, 0.4) is 0 Å². The minimum absolute atomic E-state index is 0.459. The second-order valence-corrected chi connectivity index (χ2v) is 3.80. The van der Waals surface area contributed by atoms with Gasteiger partial charge < -0.3 is 13.7 Å². The fourth-order valence-electron chi connectivity index (χ4n) is 1.66. The summed E-state index contributed by atoms with van der Waals surface area (Å²) in [7, 11) is 1.95. The molecule has 0 aliphatic heterocycles. The van der Waals surface area contributed by atoms with Crippen molar-refractivity contribution in [1.29, 1.82) is 0 Å². The van der Waals surface area contributed by atoms with Crippen molar-refractivity contribution < 1.29 is 4.74 Å². The third kappa shape index (κ3) is 1.87. The Morgan fingerprint density at radius 3 is 2.88 bits per heavy atom. The second kappa shape index (κ2) is 3.93. The van der Waals surface area contributed by atoms with Crippen LogP contribution in [0.5, 0.6) is 5.75 Å². The highest BCUT2D eigenvalue weighted by atomic mass is 16.5. The maximum Gasteiger partial charge on any atom is 0.146 e. The number of aromatic nitrogens is 4. The monoisotopic (exact) mass is 228 g/mol. The van der Waals surface area contributed by atoms with Gasteiger partial charge in [0.1, 0.15) is 23.8 Å². The van der Waals surface area contributed by atoms with E-state index in [0.29, 0.717) is 6.61 Å². The molecular formula is C12H12N4O. The van der Waals surface area contributed by atoms with Crippen LogP contribution in [0.1, 0.15) is 5.82 Å². The molecule has 0 fully saturated rings. The molecular weight excluding hydrogens is 216 g/mol. The molecule has 0 unspecified atom stereocenters. The Balaban J connectivity index is 1.78. The number of hydrogen-bond donors (Lipinski definition) is 0. The van der Waals surface area contributed by atoms with E-state index in [1.807, 2.05) is 46.7 Å². The molecule has 0 N–H and O–H groups in total. The molecule has 3 heterocycles. The molecule has 0 saturated carbocycles. The largest absolute Gasteiger partial charge is 0.485 e. The quantitative estimate of drug-likeness (QED) is 0.684. The van der Waals surface area contributed by atoms with Gasteiger partial charge in [-0.1, -0.05) is 0 Å². The van der Waals surface area contributed by atoms with Crippen molar-refractivity contribution in [1.82, 2.24) is 18.9 Å². The zero-order chi connectivity index (χ0) is 11.7. The van der Waals surface area contributed by atoms with E-state index in [4.69, 9.17) is 4.74 Å². The van der Waals surface area contributed by atoms with Crippen LogP contribution >= 0.6 is 0 Å². The average molecular weight is 228 g/mol. The molecule has 0 amide bonds. The molecule has 0 aliphatic rings. The minimum atomic E-state index is 0.459. The number of imidazole rings is 2. The van der Waals surface area contributed by atoms with Gasteiger partial charge in [0, 0.05) is 44.1 Å².